The number of nitrogens with zero attached hydrogens (tertiary/aromatic N) is 1. The van der Waals surface area contributed by atoms with E-state index in [1.807, 2.05) is 0 Å². The quantitative estimate of drug-likeness (QED) is 0.142. The van der Waals surface area contributed by atoms with Gasteiger partial charge in [0.05, 0.1) is 59.3 Å². The Kier molecular flexibility index (Phi) is 11.0. The van der Waals surface area contributed by atoms with Crippen molar-refractivity contribution in [2.24, 2.45) is 11.1 Å². The average molecular weight is 562 g/mol. The molecule has 1 aromatic carbocycles. The summed E-state index contributed by atoms with van der Waals surface area (Å²) in [7, 11) is 0. The maximum absolute atomic E-state index is 13.0. The lowest BCUT2D eigenvalue weighted by molar-refractivity contribution is -0.137. The van der Waals surface area contributed by atoms with Crippen LogP contribution < -0.4 is 21.7 Å². The molecule has 220 valence electrons. The number of carbonyl (C=O) groups is 4. The highest BCUT2D eigenvalue weighted by molar-refractivity contribution is 6.06. The number of piperidine rings is 1. The number of hydrogen-bond donors (Lipinski definition) is 4. The first-order valence-corrected chi connectivity index (χ1v) is 13.7. The van der Waals surface area contributed by atoms with E-state index in [4.69, 9.17) is 24.7 Å². The predicted molar refractivity (Wildman–Crippen MR) is 143 cm³/mol. The molecule has 0 saturated carbocycles. The van der Waals surface area contributed by atoms with Gasteiger partial charge >= 0.3 is 0 Å². The Balaban J connectivity index is 1.16. The molecule has 2 saturated heterocycles. The highest BCUT2D eigenvalue weighted by atomic mass is 16.5. The van der Waals surface area contributed by atoms with Crippen molar-refractivity contribution >= 4 is 29.3 Å². The normalized spacial score (nSPS) is 19.8. The highest BCUT2D eigenvalue weighted by Gasteiger charge is 2.40. The van der Waals surface area contributed by atoms with Crippen LogP contribution in [0.5, 0.6) is 0 Å². The Hall–Kier alpha value is -2.94. The van der Waals surface area contributed by atoms with Crippen molar-refractivity contribution in [2.45, 2.75) is 31.8 Å². The second-order valence-corrected chi connectivity index (χ2v) is 10.3. The van der Waals surface area contributed by atoms with Crippen LogP contribution in [0.25, 0.3) is 0 Å². The van der Waals surface area contributed by atoms with Crippen LogP contribution in [0.15, 0.2) is 18.2 Å². The van der Waals surface area contributed by atoms with Gasteiger partial charge in [0.25, 0.3) is 5.91 Å². The van der Waals surface area contributed by atoms with Gasteiger partial charge in [-0.05, 0) is 18.6 Å². The fourth-order valence-electron chi connectivity index (χ4n) is 4.91. The van der Waals surface area contributed by atoms with E-state index >= 15 is 0 Å². The number of nitrogens with two attached hydrogens (primary N) is 1. The van der Waals surface area contributed by atoms with Crippen molar-refractivity contribution in [2.75, 3.05) is 77.8 Å². The van der Waals surface area contributed by atoms with Gasteiger partial charge in [0, 0.05) is 54.8 Å². The molecule has 4 rings (SSSR count). The van der Waals surface area contributed by atoms with Gasteiger partial charge in [-0.3, -0.25) is 24.5 Å². The van der Waals surface area contributed by atoms with Gasteiger partial charge in [-0.25, -0.2) is 0 Å². The van der Waals surface area contributed by atoms with Gasteiger partial charge in [0.15, 0.2) is 0 Å². The summed E-state index contributed by atoms with van der Waals surface area (Å²) in [5.74, 6) is -1.32. The predicted octanol–water partition coefficient (Wildman–Crippen LogP) is -0.609. The van der Waals surface area contributed by atoms with E-state index in [2.05, 4.69) is 16.0 Å². The standard InChI is InChI=1S/C27H39N5O8/c28-7-9-37-10-11-38-12-13-40-18-27(15-29-16-27)17-39-8-6-24(34)30-21-3-1-2-19-20(21)14-32(26(19)36)22-4-5-23(33)31-25(22)35/h1-3,22,29H,4-18,28H2,(H,30,34)(H,31,33,35). The molecule has 5 N–H and O–H groups in total. The summed E-state index contributed by atoms with van der Waals surface area (Å²) in [6.07, 6.45) is 0.618. The average Bonchev–Trinajstić information content (AvgIpc) is 3.25. The summed E-state index contributed by atoms with van der Waals surface area (Å²) >= 11 is 0. The van der Waals surface area contributed by atoms with Crippen molar-refractivity contribution < 1.29 is 38.1 Å². The van der Waals surface area contributed by atoms with E-state index in [1.54, 1.807) is 18.2 Å². The molecule has 1 unspecified atom stereocenters. The first kappa shape index (κ1) is 30.0. The third kappa shape index (κ3) is 7.83. The molecule has 0 spiro atoms. The minimum Gasteiger partial charge on any atom is -0.380 e. The zero-order chi connectivity index (χ0) is 28.4. The summed E-state index contributed by atoms with van der Waals surface area (Å²) in [6, 6.07) is 4.41. The third-order valence-corrected chi connectivity index (χ3v) is 7.15. The zero-order valence-corrected chi connectivity index (χ0v) is 22.7. The third-order valence-electron chi connectivity index (χ3n) is 7.15. The Morgan fingerprint density at radius 1 is 1.00 bits per heavy atom. The topological polar surface area (TPSA) is 171 Å². The van der Waals surface area contributed by atoms with Crippen LogP contribution in [-0.4, -0.2) is 107 Å². The Morgan fingerprint density at radius 3 is 2.38 bits per heavy atom. The summed E-state index contributed by atoms with van der Waals surface area (Å²) in [5, 5.41) is 8.43. The molecule has 0 bridgehead atoms. The highest BCUT2D eigenvalue weighted by Crippen LogP contribution is 2.32. The number of anilines is 1. The van der Waals surface area contributed by atoms with Crippen LogP contribution in [-0.2, 0) is 39.9 Å². The summed E-state index contributed by atoms with van der Waals surface area (Å²) in [4.78, 5) is 50.9. The Labute approximate surface area is 233 Å². The van der Waals surface area contributed by atoms with E-state index in [0.29, 0.717) is 69.6 Å². The second kappa shape index (κ2) is 14.6. The molecule has 13 nitrogen and oxygen atoms in total. The number of imide groups is 1. The van der Waals surface area contributed by atoms with Crippen LogP contribution in [0.4, 0.5) is 5.69 Å². The smallest absolute Gasteiger partial charge is 0.255 e. The van der Waals surface area contributed by atoms with Crippen molar-refractivity contribution in [3.63, 3.8) is 0 Å². The molecule has 3 heterocycles. The lowest BCUT2D eigenvalue weighted by atomic mass is 9.83. The van der Waals surface area contributed by atoms with E-state index < -0.39 is 11.9 Å². The molecule has 0 aliphatic carbocycles. The molecular formula is C27H39N5O8. The number of fused-ring (bicyclic) bond motifs is 1. The Morgan fingerprint density at radius 2 is 1.70 bits per heavy atom. The summed E-state index contributed by atoms with van der Waals surface area (Å²) < 4.78 is 22.3. The van der Waals surface area contributed by atoms with Gasteiger partial charge in [-0.2, -0.15) is 0 Å². The molecule has 0 aromatic heterocycles. The van der Waals surface area contributed by atoms with Gasteiger partial charge in [-0.1, -0.05) is 6.07 Å². The van der Waals surface area contributed by atoms with Crippen LogP contribution in [0.2, 0.25) is 0 Å². The van der Waals surface area contributed by atoms with Crippen molar-refractivity contribution in [3.8, 4) is 0 Å². The largest absolute Gasteiger partial charge is 0.380 e. The van der Waals surface area contributed by atoms with Crippen molar-refractivity contribution in [1.29, 1.82) is 0 Å². The van der Waals surface area contributed by atoms with Gasteiger partial charge in [0.1, 0.15) is 6.04 Å². The molecule has 40 heavy (non-hydrogen) atoms. The lowest BCUT2D eigenvalue weighted by Crippen LogP contribution is -2.58. The molecule has 3 aliphatic rings. The van der Waals surface area contributed by atoms with E-state index in [1.165, 1.54) is 4.90 Å². The zero-order valence-electron chi connectivity index (χ0n) is 22.7. The van der Waals surface area contributed by atoms with Gasteiger partial charge in [0.2, 0.25) is 17.7 Å². The molecule has 4 amide bonds. The number of carbonyl (C=O) groups excluding carboxylic acids is 4. The van der Waals surface area contributed by atoms with E-state index in [9.17, 15) is 19.2 Å². The molecule has 1 atom stereocenters. The number of ether oxygens (including phenoxy) is 4. The van der Waals surface area contributed by atoms with Crippen LogP contribution in [0, 0.1) is 5.41 Å². The van der Waals surface area contributed by atoms with E-state index in [-0.39, 0.29) is 55.6 Å². The number of benzene rings is 1. The minimum absolute atomic E-state index is 0.124. The number of nitrogens with one attached hydrogen (secondary N) is 3. The fraction of sp³-hybridized carbons (Fsp3) is 0.630. The van der Waals surface area contributed by atoms with Crippen molar-refractivity contribution in [1.82, 2.24) is 15.5 Å². The van der Waals surface area contributed by atoms with Crippen LogP contribution in [0.1, 0.15) is 35.2 Å². The summed E-state index contributed by atoms with van der Waals surface area (Å²) in [5.41, 5.74) is 6.88. The maximum atomic E-state index is 13.0. The second-order valence-electron chi connectivity index (χ2n) is 10.3. The number of hydrogen-bond acceptors (Lipinski definition) is 10. The minimum atomic E-state index is -0.708. The first-order valence-electron chi connectivity index (χ1n) is 13.7. The molecule has 3 aliphatic heterocycles. The van der Waals surface area contributed by atoms with Crippen LogP contribution in [0.3, 0.4) is 0 Å². The number of amides is 4. The molecule has 13 heteroatoms. The lowest BCUT2D eigenvalue weighted by Gasteiger charge is -2.42. The van der Waals surface area contributed by atoms with Gasteiger partial charge < -0.3 is 40.2 Å². The fourth-order valence-corrected chi connectivity index (χ4v) is 4.91. The first-order chi connectivity index (χ1) is 19.4. The van der Waals surface area contributed by atoms with Gasteiger partial charge in [-0.15, -0.1) is 0 Å². The maximum Gasteiger partial charge on any atom is 0.255 e. The molecule has 2 fully saturated rings. The molecule has 0 radical (unpaired) electrons. The van der Waals surface area contributed by atoms with Crippen molar-refractivity contribution in [3.05, 3.63) is 29.3 Å². The Bertz CT molecular complexity index is 1060. The SMILES string of the molecule is NCCOCCOCCOCC1(COCCC(=O)Nc2cccc3c2CN(C2CCC(=O)NC2=O)C3=O)CNC1. The number of rotatable bonds is 17. The van der Waals surface area contributed by atoms with Crippen LogP contribution >= 0.6 is 0 Å². The monoisotopic (exact) mass is 561 g/mol. The molecular weight excluding hydrogens is 522 g/mol. The molecule has 1 aromatic rings. The summed E-state index contributed by atoms with van der Waals surface area (Å²) in [6.45, 7) is 5.99. The van der Waals surface area contributed by atoms with E-state index in [0.717, 1.165) is 13.1 Å².